The molecule has 0 radical (unpaired) electrons. The standard InChI is InChI=1S/C19H22N4.CH3Cl/c20-16-8-9-17-18(14-22-10-4-5-11-22)21-23(19(17)12-16)13-15-6-2-1-3-7-15;1-2/h1-3,6-9,12H,4-5,10-11,13-14,20H2;1H3. The van der Waals surface area contributed by atoms with Gasteiger partial charge in [0.2, 0.25) is 0 Å². The number of hydrogen-bond donors (Lipinski definition) is 1. The van der Waals surface area contributed by atoms with Gasteiger partial charge >= 0.3 is 0 Å². The van der Waals surface area contributed by atoms with E-state index in [2.05, 4.69) is 51.5 Å². The Morgan fingerprint density at radius 1 is 1.00 bits per heavy atom. The maximum atomic E-state index is 6.01. The van der Waals surface area contributed by atoms with Gasteiger partial charge in [-0.3, -0.25) is 9.58 Å². The zero-order valence-electron chi connectivity index (χ0n) is 14.7. The molecule has 4 nitrogen and oxygen atoms in total. The van der Waals surface area contributed by atoms with Crippen LogP contribution >= 0.6 is 11.6 Å². The SMILES string of the molecule is CCl.Nc1ccc2c(CN3CCCC3)nn(Cc3ccccc3)c2c1. The minimum atomic E-state index is 0.779. The molecule has 25 heavy (non-hydrogen) atoms. The first-order valence-corrected chi connectivity index (χ1v) is 9.44. The molecule has 0 atom stereocenters. The lowest BCUT2D eigenvalue weighted by atomic mass is 10.2. The third-order valence-electron chi connectivity index (χ3n) is 4.60. The topological polar surface area (TPSA) is 47.1 Å². The van der Waals surface area contributed by atoms with Gasteiger partial charge in [-0.25, -0.2) is 0 Å². The number of halogens is 1. The van der Waals surface area contributed by atoms with Gasteiger partial charge < -0.3 is 5.73 Å². The van der Waals surface area contributed by atoms with Crippen molar-refractivity contribution < 1.29 is 0 Å². The first-order chi connectivity index (χ1) is 12.3. The summed E-state index contributed by atoms with van der Waals surface area (Å²) >= 11 is 4.64. The van der Waals surface area contributed by atoms with Gasteiger partial charge in [0, 0.05) is 24.0 Å². The molecule has 1 aromatic heterocycles. The Morgan fingerprint density at radius 3 is 2.44 bits per heavy atom. The first kappa shape index (κ1) is 17.8. The van der Waals surface area contributed by atoms with Crippen LogP contribution in [-0.4, -0.2) is 34.2 Å². The molecule has 3 aromatic rings. The first-order valence-electron chi connectivity index (χ1n) is 8.68. The number of nitrogens with two attached hydrogens (primary N) is 1. The molecule has 0 aliphatic carbocycles. The summed E-state index contributed by atoms with van der Waals surface area (Å²) in [7, 11) is 0. The lowest BCUT2D eigenvalue weighted by molar-refractivity contribution is 0.327. The Hall–Kier alpha value is -2.04. The minimum Gasteiger partial charge on any atom is -0.399 e. The Kier molecular flexibility index (Phi) is 5.95. The molecule has 1 saturated heterocycles. The summed E-state index contributed by atoms with van der Waals surface area (Å²) in [5.41, 5.74) is 10.3. The summed E-state index contributed by atoms with van der Waals surface area (Å²) in [6.07, 6.45) is 4.07. The predicted octanol–water partition coefficient (Wildman–Crippen LogP) is 4.12. The molecule has 0 unspecified atom stereocenters. The largest absolute Gasteiger partial charge is 0.399 e. The highest BCUT2D eigenvalue weighted by Crippen LogP contribution is 2.24. The van der Waals surface area contributed by atoms with E-state index in [0.29, 0.717) is 0 Å². The van der Waals surface area contributed by atoms with Crippen LogP contribution < -0.4 is 5.73 Å². The van der Waals surface area contributed by atoms with Crippen molar-refractivity contribution in [1.82, 2.24) is 14.7 Å². The van der Waals surface area contributed by atoms with Crippen molar-refractivity contribution in [3.05, 3.63) is 59.8 Å². The van der Waals surface area contributed by atoms with Gasteiger partial charge in [0.05, 0.1) is 17.8 Å². The van der Waals surface area contributed by atoms with Crippen LogP contribution in [0.15, 0.2) is 48.5 Å². The second kappa shape index (κ2) is 8.37. The highest BCUT2D eigenvalue weighted by molar-refractivity contribution is 6.15. The van der Waals surface area contributed by atoms with E-state index in [9.17, 15) is 0 Å². The molecular weight excluding hydrogens is 332 g/mol. The third-order valence-corrected chi connectivity index (χ3v) is 4.60. The zero-order chi connectivity index (χ0) is 17.6. The van der Waals surface area contributed by atoms with E-state index in [-0.39, 0.29) is 0 Å². The van der Waals surface area contributed by atoms with Gasteiger partial charge in [-0.1, -0.05) is 30.3 Å². The van der Waals surface area contributed by atoms with E-state index in [1.165, 1.54) is 43.3 Å². The van der Waals surface area contributed by atoms with Gasteiger partial charge in [-0.15, -0.1) is 11.6 Å². The molecule has 4 rings (SSSR count). The zero-order valence-corrected chi connectivity index (χ0v) is 15.4. The molecule has 5 heteroatoms. The molecule has 0 bridgehead atoms. The predicted molar refractivity (Wildman–Crippen MR) is 106 cm³/mol. The smallest absolute Gasteiger partial charge is 0.0843 e. The molecular formula is C20H25ClN4. The number of anilines is 1. The number of nitrogens with zero attached hydrogens (tertiary/aromatic N) is 3. The number of nitrogen functional groups attached to an aromatic ring is 1. The Labute approximate surface area is 154 Å². The van der Waals surface area contributed by atoms with Crippen molar-refractivity contribution in [3.63, 3.8) is 0 Å². The monoisotopic (exact) mass is 356 g/mol. The summed E-state index contributed by atoms with van der Waals surface area (Å²) in [6.45, 7) is 4.08. The van der Waals surface area contributed by atoms with E-state index < -0.39 is 0 Å². The highest BCUT2D eigenvalue weighted by Gasteiger charge is 2.17. The van der Waals surface area contributed by atoms with E-state index in [0.717, 1.165) is 30.0 Å². The Morgan fingerprint density at radius 2 is 1.72 bits per heavy atom. The van der Waals surface area contributed by atoms with Crippen molar-refractivity contribution in [2.75, 3.05) is 25.2 Å². The van der Waals surface area contributed by atoms with Gasteiger partial charge in [0.15, 0.2) is 0 Å². The van der Waals surface area contributed by atoms with Crippen molar-refractivity contribution in [1.29, 1.82) is 0 Å². The molecule has 2 heterocycles. The fraction of sp³-hybridized carbons (Fsp3) is 0.350. The summed E-state index contributed by atoms with van der Waals surface area (Å²) in [5, 5.41) is 6.13. The molecule has 0 spiro atoms. The molecule has 1 aliphatic rings. The average Bonchev–Trinajstić information content (AvgIpc) is 3.27. The Balaban J connectivity index is 0.000000880. The lowest BCUT2D eigenvalue weighted by Gasteiger charge is -2.12. The van der Waals surface area contributed by atoms with Crippen LogP contribution in [0, 0.1) is 0 Å². The van der Waals surface area contributed by atoms with Gasteiger partial charge in [-0.2, -0.15) is 5.10 Å². The summed E-state index contributed by atoms with van der Waals surface area (Å²) in [5.74, 6) is 0. The van der Waals surface area contributed by atoms with E-state index in [4.69, 9.17) is 10.8 Å². The molecule has 0 amide bonds. The number of fused-ring (bicyclic) bond motifs is 1. The van der Waals surface area contributed by atoms with Crippen molar-refractivity contribution in [2.24, 2.45) is 0 Å². The van der Waals surface area contributed by atoms with Crippen molar-refractivity contribution >= 4 is 28.2 Å². The highest BCUT2D eigenvalue weighted by atomic mass is 35.5. The van der Waals surface area contributed by atoms with E-state index >= 15 is 0 Å². The van der Waals surface area contributed by atoms with Gasteiger partial charge in [0.25, 0.3) is 0 Å². The average molecular weight is 357 g/mol. The van der Waals surface area contributed by atoms with E-state index in [1.807, 2.05) is 18.2 Å². The van der Waals surface area contributed by atoms with Crippen molar-refractivity contribution in [3.8, 4) is 0 Å². The number of likely N-dealkylation sites (tertiary alicyclic amines) is 1. The van der Waals surface area contributed by atoms with Crippen LogP contribution in [0.1, 0.15) is 24.1 Å². The van der Waals surface area contributed by atoms with Gasteiger partial charge in [0.1, 0.15) is 0 Å². The van der Waals surface area contributed by atoms with Crippen LogP contribution in [0.2, 0.25) is 0 Å². The summed E-state index contributed by atoms with van der Waals surface area (Å²) < 4.78 is 2.09. The number of benzene rings is 2. The number of aromatic nitrogens is 2. The third kappa shape index (κ3) is 4.14. The molecule has 0 saturated carbocycles. The maximum absolute atomic E-state index is 6.01. The van der Waals surface area contributed by atoms with E-state index in [1.54, 1.807) is 0 Å². The van der Waals surface area contributed by atoms with Gasteiger partial charge in [-0.05, 0) is 49.7 Å². The molecule has 132 valence electrons. The van der Waals surface area contributed by atoms with Crippen LogP contribution in [0.25, 0.3) is 10.9 Å². The quantitative estimate of drug-likeness (QED) is 0.565. The van der Waals surface area contributed by atoms with Crippen LogP contribution in [-0.2, 0) is 13.1 Å². The molecule has 1 aliphatic heterocycles. The number of rotatable bonds is 4. The molecule has 2 aromatic carbocycles. The Bertz CT molecular complexity index is 807. The van der Waals surface area contributed by atoms with Crippen molar-refractivity contribution in [2.45, 2.75) is 25.9 Å². The second-order valence-corrected chi connectivity index (χ2v) is 6.35. The minimum absolute atomic E-state index is 0.779. The summed E-state index contributed by atoms with van der Waals surface area (Å²) in [4.78, 5) is 2.49. The number of alkyl halides is 1. The normalized spacial score (nSPS) is 14.5. The second-order valence-electron chi connectivity index (χ2n) is 6.35. The summed E-state index contributed by atoms with van der Waals surface area (Å²) in [6, 6.07) is 16.6. The fourth-order valence-corrected chi connectivity index (χ4v) is 3.41. The van der Waals surface area contributed by atoms with Crippen LogP contribution in [0.4, 0.5) is 5.69 Å². The maximum Gasteiger partial charge on any atom is 0.0843 e. The molecule has 2 N–H and O–H groups in total. The lowest BCUT2D eigenvalue weighted by Crippen LogP contribution is -2.19. The van der Waals surface area contributed by atoms with Crippen LogP contribution in [0.3, 0.4) is 0 Å². The van der Waals surface area contributed by atoms with Crippen LogP contribution in [0.5, 0.6) is 0 Å². The molecule has 1 fully saturated rings. The number of hydrogen-bond acceptors (Lipinski definition) is 3. The fourth-order valence-electron chi connectivity index (χ4n) is 3.41.